The lowest BCUT2D eigenvalue weighted by molar-refractivity contribution is -0.150. The van der Waals surface area contributed by atoms with Gasteiger partial charge in [-0.05, 0) is 18.8 Å². The van der Waals surface area contributed by atoms with E-state index in [1.807, 2.05) is 12.1 Å². The second-order valence-electron chi connectivity index (χ2n) is 4.06. The highest BCUT2D eigenvalue weighted by Crippen LogP contribution is 2.51. The van der Waals surface area contributed by atoms with Crippen LogP contribution in [0.3, 0.4) is 0 Å². The van der Waals surface area contributed by atoms with Crippen LogP contribution in [0.1, 0.15) is 18.7 Å². The fraction of sp³-hybridized carbons (Fsp3) is 0.600. The first-order valence-electron chi connectivity index (χ1n) is 5.33. The number of nitrogens with one attached hydrogen (secondary N) is 1. The van der Waals surface area contributed by atoms with Crippen LogP contribution in [0.4, 0.5) is 0 Å². The van der Waals surface area contributed by atoms with Gasteiger partial charge in [0.2, 0.25) is 0 Å². The molecule has 1 aliphatic carbocycles. The van der Waals surface area contributed by atoms with Gasteiger partial charge in [0, 0.05) is 0 Å². The summed E-state index contributed by atoms with van der Waals surface area (Å²) in [6.07, 6.45) is 1.45. The van der Waals surface area contributed by atoms with Gasteiger partial charge in [-0.1, -0.05) is 5.21 Å². The van der Waals surface area contributed by atoms with Crippen LogP contribution in [0.15, 0.2) is 0 Å². The third-order valence-corrected chi connectivity index (χ3v) is 3.17. The molecule has 1 heterocycles. The average Bonchev–Trinajstić information content (AvgIpc) is 3.10. The lowest BCUT2D eigenvalue weighted by Crippen LogP contribution is -2.46. The van der Waals surface area contributed by atoms with Crippen molar-refractivity contribution in [3.63, 3.8) is 0 Å². The van der Waals surface area contributed by atoms with Crippen LogP contribution >= 0.6 is 0 Å². The van der Waals surface area contributed by atoms with Gasteiger partial charge in [0.25, 0.3) is 0 Å². The summed E-state index contributed by atoms with van der Waals surface area (Å²) in [5.41, 5.74) is -1.44. The maximum absolute atomic E-state index is 12.1. The fourth-order valence-corrected chi connectivity index (χ4v) is 2.20. The number of nitrogens with zero attached hydrogens (tertiary/aromatic N) is 5. The van der Waals surface area contributed by atoms with E-state index in [4.69, 9.17) is 15.3 Å². The smallest absolute Gasteiger partial charge is 0.322 e. The molecule has 1 saturated carbocycles. The van der Waals surface area contributed by atoms with Crippen molar-refractivity contribution in [2.75, 3.05) is 7.11 Å². The Morgan fingerprint density at radius 2 is 2.22 bits per heavy atom. The number of rotatable bonds is 4. The fourth-order valence-electron chi connectivity index (χ4n) is 2.20. The molecule has 18 heavy (non-hydrogen) atoms. The maximum atomic E-state index is 12.1. The van der Waals surface area contributed by atoms with Crippen molar-refractivity contribution < 1.29 is 9.53 Å². The average molecular weight is 246 g/mol. The van der Waals surface area contributed by atoms with Gasteiger partial charge in [0.05, 0.1) is 19.2 Å². The van der Waals surface area contributed by atoms with E-state index in [1.54, 1.807) is 0 Å². The number of hydrogen-bond donors (Lipinski definition) is 1. The van der Waals surface area contributed by atoms with Gasteiger partial charge in [-0.15, -0.1) is 10.2 Å². The highest BCUT2D eigenvalue weighted by atomic mass is 16.5. The Bertz CT molecular complexity index is 510. The molecule has 1 fully saturated rings. The highest BCUT2D eigenvalue weighted by molar-refractivity contribution is 5.84. The van der Waals surface area contributed by atoms with Crippen molar-refractivity contribution in [3.8, 4) is 12.1 Å². The van der Waals surface area contributed by atoms with E-state index in [2.05, 4.69) is 20.6 Å². The van der Waals surface area contributed by atoms with Crippen LogP contribution in [-0.2, 0) is 14.9 Å². The number of carbonyl (C=O) groups excluding carboxylic acids is 1. The number of hydrogen-bond acceptors (Lipinski definition) is 7. The van der Waals surface area contributed by atoms with Gasteiger partial charge in [-0.3, -0.25) is 4.79 Å². The molecule has 8 nitrogen and oxygen atoms in total. The Balaban J connectivity index is 2.60. The van der Waals surface area contributed by atoms with Crippen molar-refractivity contribution in [1.82, 2.24) is 20.6 Å². The van der Waals surface area contributed by atoms with Crippen LogP contribution in [0, 0.1) is 34.5 Å². The first-order valence-corrected chi connectivity index (χ1v) is 5.33. The van der Waals surface area contributed by atoms with Crippen LogP contribution in [0.5, 0.6) is 0 Å². The second kappa shape index (κ2) is 4.41. The monoisotopic (exact) mass is 246 g/mol. The summed E-state index contributed by atoms with van der Waals surface area (Å²) in [7, 11) is 1.21. The molecule has 1 aliphatic rings. The summed E-state index contributed by atoms with van der Waals surface area (Å²) < 4.78 is 4.76. The molecular formula is C10H10N6O2. The molecule has 0 amide bonds. The largest absolute Gasteiger partial charge is 0.468 e. The Hall–Kier alpha value is -2.48. The number of tetrazole rings is 1. The zero-order chi connectivity index (χ0) is 13.2. The van der Waals surface area contributed by atoms with Gasteiger partial charge in [-0.25, -0.2) is 0 Å². The van der Waals surface area contributed by atoms with E-state index in [0.717, 1.165) is 12.8 Å². The van der Waals surface area contributed by atoms with Crippen molar-refractivity contribution in [1.29, 1.82) is 10.5 Å². The zero-order valence-electron chi connectivity index (χ0n) is 9.62. The van der Waals surface area contributed by atoms with E-state index in [0.29, 0.717) is 0 Å². The predicted octanol–water partition coefficient (Wildman–Crippen LogP) is -0.316. The van der Waals surface area contributed by atoms with Crippen LogP contribution in [-0.4, -0.2) is 33.7 Å². The molecule has 0 bridgehead atoms. The molecule has 0 unspecified atom stereocenters. The van der Waals surface area contributed by atoms with Crippen molar-refractivity contribution in [2.45, 2.75) is 18.3 Å². The van der Waals surface area contributed by atoms with Gasteiger partial charge < -0.3 is 4.74 Å². The van der Waals surface area contributed by atoms with E-state index in [-0.39, 0.29) is 11.7 Å². The quantitative estimate of drug-likeness (QED) is 0.721. The second-order valence-corrected chi connectivity index (χ2v) is 4.06. The van der Waals surface area contributed by atoms with Crippen molar-refractivity contribution >= 4 is 5.97 Å². The minimum absolute atomic E-state index is 0.0463. The summed E-state index contributed by atoms with van der Waals surface area (Å²) in [4.78, 5) is 12.1. The Morgan fingerprint density at radius 1 is 1.56 bits per heavy atom. The van der Waals surface area contributed by atoms with Crippen molar-refractivity contribution in [3.05, 3.63) is 5.82 Å². The first kappa shape index (κ1) is 12.0. The summed E-state index contributed by atoms with van der Waals surface area (Å²) in [6.45, 7) is 0. The molecule has 0 saturated heterocycles. The third kappa shape index (κ3) is 1.51. The predicted molar refractivity (Wildman–Crippen MR) is 55.3 cm³/mol. The van der Waals surface area contributed by atoms with Crippen LogP contribution < -0.4 is 0 Å². The molecule has 92 valence electrons. The number of nitriles is 2. The van der Waals surface area contributed by atoms with Crippen molar-refractivity contribution in [2.24, 2.45) is 11.8 Å². The molecule has 1 aromatic rings. The third-order valence-electron chi connectivity index (χ3n) is 3.17. The summed E-state index contributed by atoms with van der Waals surface area (Å²) in [5, 5.41) is 31.4. The first-order chi connectivity index (χ1) is 8.71. The van der Waals surface area contributed by atoms with Gasteiger partial charge in [-0.2, -0.15) is 15.7 Å². The minimum atomic E-state index is -1.44. The number of ether oxygens (including phenoxy) is 1. The summed E-state index contributed by atoms with van der Waals surface area (Å²) in [6, 6.07) is 3.67. The number of methoxy groups -OCH3 is 1. The highest BCUT2D eigenvalue weighted by Gasteiger charge is 2.61. The molecular weight excluding hydrogens is 236 g/mol. The van der Waals surface area contributed by atoms with E-state index in [9.17, 15) is 4.79 Å². The van der Waals surface area contributed by atoms with Gasteiger partial charge >= 0.3 is 5.97 Å². The summed E-state index contributed by atoms with van der Waals surface area (Å²) in [5.74, 6) is -1.98. The summed E-state index contributed by atoms with van der Waals surface area (Å²) >= 11 is 0. The minimum Gasteiger partial charge on any atom is -0.468 e. The maximum Gasteiger partial charge on any atom is 0.322 e. The molecule has 0 radical (unpaired) electrons. The number of H-pyrrole nitrogens is 1. The number of esters is 1. The van der Waals surface area contributed by atoms with Gasteiger partial charge in [0.15, 0.2) is 17.2 Å². The molecule has 1 atom stereocenters. The molecule has 8 heteroatoms. The SMILES string of the molecule is COC(=O)[C@](c1nn[nH]n1)(C(C#N)C#N)C1CC1. The molecule has 0 spiro atoms. The molecule has 2 rings (SSSR count). The van der Waals surface area contributed by atoms with Crippen LogP contribution in [0.25, 0.3) is 0 Å². The number of aromatic amines is 1. The van der Waals surface area contributed by atoms with E-state index < -0.39 is 17.3 Å². The Kier molecular flexibility index (Phi) is 2.94. The lowest BCUT2D eigenvalue weighted by atomic mass is 9.71. The number of carbonyl (C=O) groups is 1. The molecule has 1 N–H and O–H groups in total. The van der Waals surface area contributed by atoms with Crippen LogP contribution in [0.2, 0.25) is 0 Å². The Labute approximate surface area is 103 Å². The standard InChI is InChI=1S/C10H10N6O2/c1-18-9(17)10(6-2-3-6,7(4-11)5-12)8-13-15-16-14-8/h6-7H,2-3H2,1H3,(H,13,14,15,16)/t10-/m0/s1. The number of aromatic nitrogens is 4. The zero-order valence-corrected chi connectivity index (χ0v) is 9.62. The molecule has 0 aliphatic heterocycles. The molecule has 1 aromatic heterocycles. The van der Waals surface area contributed by atoms with Gasteiger partial charge in [0.1, 0.15) is 0 Å². The lowest BCUT2D eigenvalue weighted by Gasteiger charge is -2.28. The van der Waals surface area contributed by atoms with E-state index in [1.165, 1.54) is 7.11 Å². The van der Waals surface area contributed by atoms with E-state index >= 15 is 0 Å². The Morgan fingerprint density at radius 3 is 2.61 bits per heavy atom. The molecule has 0 aromatic carbocycles. The normalized spacial score (nSPS) is 17.6. The topological polar surface area (TPSA) is 128 Å².